The molecule has 2 rings (SSSR count). The Hall–Kier alpha value is 0.01000. The van der Waals surface area contributed by atoms with E-state index >= 15 is 0 Å². The van der Waals surface area contributed by atoms with Crippen molar-refractivity contribution in [3.8, 4) is 0 Å². The molecule has 1 aliphatic heterocycles. The van der Waals surface area contributed by atoms with Crippen LogP contribution < -0.4 is 5.32 Å². The summed E-state index contributed by atoms with van der Waals surface area (Å²) in [6.07, 6.45) is 1.25. The summed E-state index contributed by atoms with van der Waals surface area (Å²) in [5, 5.41) is 4.82. The summed E-state index contributed by atoms with van der Waals surface area (Å²) < 4.78 is 0. The summed E-state index contributed by atoms with van der Waals surface area (Å²) in [4.78, 5) is 2.49. The minimum absolute atomic E-state index is 0. The van der Waals surface area contributed by atoms with Crippen LogP contribution in [0.3, 0.4) is 0 Å². The van der Waals surface area contributed by atoms with Gasteiger partial charge in [0.05, 0.1) is 0 Å². The summed E-state index contributed by atoms with van der Waals surface area (Å²) in [7, 11) is 2.01. The Morgan fingerprint density at radius 2 is 2.16 bits per heavy atom. The van der Waals surface area contributed by atoms with Gasteiger partial charge >= 0.3 is 0 Å². The smallest absolute Gasteiger partial charge is 0.0454 e. The van der Waals surface area contributed by atoms with Gasteiger partial charge in [0.15, 0.2) is 0 Å². The molecule has 0 spiro atoms. The molecule has 19 heavy (non-hydrogen) atoms. The highest BCUT2D eigenvalue weighted by atomic mass is 35.5. The lowest BCUT2D eigenvalue weighted by atomic mass is 10.1. The topological polar surface area (TPSA) is 15.3 Å². The van der Waals surface area contributed by atoms with Crippen molar-refractivity contribution in [2.45, 2.75) is 19.4 Å². The molecule has 1 heterocycles. The van der Waals surface area contributed by atoms with E-state index < -0.39 is 0 Å². The highest BCUT2D eigenvalue weighted by Crippen LogP contribution is 2.32. The Balaban J connectivity index is 0.00000180. The standard InChI is InChI=1S/C14H20Cl2N2.ClH/c1-10(13-7-12(15)3-4-14(13)16)18-6-5-11(9-18)8-17-2;/h3-4,7,10-11,17H,5-6,8-9H2,1-2H3;1H. The minimum atomic E-state index is 0. The SMILES string of the molecule is CNCC1CCN(C(C)c2cc(Cl)ccc2Cl)C1.Cl. The summed E-state index contributed by atoms with van der Waals surface area (Å²) in [6, 6.07) is 6.04. The van der Waals surface area contributed by atoms with Crippen molar-refractivity contribution in [1.82, 2.24) is 10.2 Å². The van der Waals surface area contributed by atoms with Crippen LogP contribution in [0.4, 0.5) is 0 Å². The normalized spacial score (nSPS) is 21.2. The van der Waals surface area contributed by atoms with Crippen molar-refractivity contribution >= 4 is 35.6 Å². The average molecular weight is 324 g/mol. The zero-order chi connectivity index (χ0) is 13.1. The van der Waals surface area contributed by atoms with E-state index in [1.807, 2.05) is 25.2 Å². The molecule has 108 valence electrons. The van der Waals surface area contributed by atoms with Crippen molar-refractivity contribution in [2.75, 3.05) is 26.7 Å². The van der Waals surface area contributed by atoms with E-state index in [1.165, 1.54) is 6.42 Å². The molecule has 0 radical (unpaired) electrons. The molecule has 1 aliphatic rings. The number of nitrogens with zero attached hydrogens (tertiary/aromatic N) is 1. The molecule has 1 saturated heterocycles. The molecule has 2 nitrogen and oxygen atoms in total. The second kappa shape index (κ2) is 7.70. The third-order valence-corrected chi connectivity index (χ3v) is 4.35. The number of hydrogen-bond donors (Lipinski definition) is 1. The van der Waals surface area contributed by atoms with Gasteiger partial charge in [-0.2, -0.15) is 0 Å². The van der Waals surface area contributed by atoms with Crippen LogP contribution in [-0.2, 0) is 0 Å². The fourth-order valence-electron chi connectivity index (χ4n) is 2.70. The lowest BCUT2D eigenvalue weighted by Crippen LogP contribution is -2.27. The third-order valence-electron chi connectivity index (χ3n) is 3.77. The Labute approximate surface area is 131 Å². The minimum Gasteiger partial charge on any atom is -0.319 e. The van der Waals surface area contributed by atoms with Crippen LogP contribution in [0.25, 0.3) is 0 Å². The molecule has 0 saturated carbocycles. The first kappa shape index (κ1) is 17.1. The number of hydrogen-bond acceptors (Lipinski definition) is 2. The number of likely N-dealkylation sites (tertiary alicyclic amines) is 1. The van der Waals surface area contributed by atoms with Crippen LogP contribution in [0.5, 0.6) is 0 Å². The fourth-order valence-corrected chi connectivity index (χ4v) is 3.16. The van der Waals surface area contributed by atoms with E-state index in [0.29, 0.717) is 6.04 Å². The van der Waals surface area contributed by atoms with Crippen LogP contribution in [0, 0.1) is 5.92 Å². The van der Waals surface area contributed by atoms with E-state index in [9.17, 15) is 0 Å². The van der Waals surface area contributed by atoms with E-state index in [1.54, 1.807) is 0 Å². The van der Waals surface area contributed by atoms with Gasteiger partial charge in [-0.15, -0.1) is 12.4 Å². The Morgan fingerprint density at radius 3 is 2.84 bits per heavy atom. The predicted molar refractivity (Wildman–Crippen MR) is 85.7 cm³/mol. The van der Waals surface area contributed by atoms with Crippen LogP contribution in [0.2, 0.25) is 10.0 Å². The molecule has 2 atom stereocenters. The maximum atomic E-state index is 6.27. The summed E-state index contributed by atoms with van der Waals surface area (Å²) in [5.41, 5.74) is 1.13. The summed E-state index contributed by atoms with van der Waals surface area (Å²) >= 11 is 12.3. The Morgan fingerprint density at radius 1 is 1.42 bits per heavy atom. The molecule has 1 aromatic carbocycles. The quantitative estimate of drug-likeness (QED) is 0.900. The first-order valence-electron chi connectivity index (χ1n) is 6.45. The van der Waals surface area contributed by atoms with Gasteiger partial charge in [-0.1, -0.05) is 23.2 Å². The Bertz CT molecular complexity index is 412. The molecule has 5 heteroatoms. The second-order valence-corrected chi connectivity index (χ2v) is 5.89. The van der Waals surface area contributed by atoms with Gasteiger partial charge < -0.3 is 5.32 Å². The third kappa shape index (κ3) is 4.24. The largest absolute Gasteiger partial charge is 0.319 e. The molecular formula is C14H21Cl3N2. The lowest BCUT2D eigenvalue weighted by Gasteiger charge is -2.25. The van der Waals surface area contributed by atoms with Crippen molar-refractivity contribution in [3.63, 3.8) is 0 Å². The molecule has 2 unspecified atom stereocenters. The number of benzene rings is 1. The molecule has 0 aromatic heterocycles. The van der Waals surface area contributed by atoms with Gasteiger partial charge in [0, 0.05) is 22.6 Å². The molecule has 1 N–H and O–H groups in total. The van der Waals surface area contributed by atoms with E-state index in [4.69, 9.17) is 23.2 Å². The first-order chi connectivity index (χ1) is 8.61. The van der Waals surface area contributed by atoms with Gasteiger partial charge in [0.25, 0.3) is 0 Å². The monoisotopic (exact) mass is 322 g/mol. The second-order valence-electron chi connectivity index (χ2n) is 5.05. The van der Waals surface area contributed by atoms with E-state index in [2.05, 4.69) is 17.1 Å². The molecule has 1 aromatic rings. The van der Waals surface area contributed by atoms with E-state index in [-0.39, 0.29) is 12.4 Å². The van der Waals surface area contributed by atoms with Crippen LogP contribution >= 0.6 is 35.6 Å². The molecular weight excluding hydrogens is 303 g/mol. The van der Waals surface area contributed by atoms with Crippen molar-refractivity contribution in [2.24, 2.45) is 5.92 Å². The lowest BCUT2D eigenvalue weighted by molar-refractivity contribution is 0.252. The van der Waals surface area contributed by atoms with Crippen LogP contribution in [0.15, 0.2) is 18.2 Å². The highest BCUT2D eigenvalue weighted by molar-refractivity contribution is 6.33. The summed E-state index contributed by atoms with van der Waals surface area (Å²) in [5.74, 6) is 0.746. The number of rotatable bonds is 4. The maximum absolute atomic E-state index is 6.27. The van der Waals surface area contributed by atoms with Crippen LogP contribution in [0.1, 0.15) is 24.9 Å². The van der Waals surface area contributed by atoms with Crippen LogP contribution in [-0.4, -0.2) is 31.6 Å². The zero-order valence-electron chi connectivity index (χ0n) is 11.3. The number of halogens is 3. The molecule has 0 bridgehead atoms. The maximum Gasteiger partial charge on any atom is 0.0454 e. The highest BCUT2D eigenvalue weighted by Gasteiger charge is 2.27. The van der Waals surface area contributed by atoms with Gasteiger partial charge in [-0.25, -0.2) is 0 Å². The van der Waals surface area contributed by atoms with Gasteiger partial charge in [-0.05, 0) is 63.2 Å². The molecule has 1 fully saturated rings. The summed E-state index contributed by atoms with van der Waals surface area (Å²) in [6.45, 7) is 5.56. The zero-order valence-corrected chi connectivity index (χ0v) is 13.7. The van der Waals surface area contributed by atoms with Gasteiger partial charge in [0.2, 0.25) is 0 Å². The fraction of sp³-hybridized carbons (Fsp3) is 0.571. The predicted octanol–water partition coefficient (Wildman–Crippen LogP) is 4.02. The van der Waals surface area contributed by atoms with Crippen molar-refractivity contribution in [1.29, 1.82) is 0 Å². The average Bonchev–Trinajstić information content (AvgIpc) is 2.80. The molecule has 0 amide bonds. The molecule has 0 aliphatic carbocycles. The number of nitrogens with one attached hydrogen (secondary N) is 1. The van der Waals surface area contributed by atoms with Gasteiger partial charge in [0.1, 0.15) is 0 Å². The Kier molecular flexibility index (Phi) is 6.92. The van der Waals surface area contributed by atoms with Crippen molar-refractivity contribution < 1.29 is 0 Å². The first-order valence-corrected chi connectivity index (χ1v) is 7.21. The van der Waals surface area contributed by atoms with E-state index in [0.717, 1.165) is 41.2 Å². The van der Waals surface area contributed by atoms with Crippen molar-refractivity contribution in [3.05, 3.63) is 33.8 Å². The van der Waals surface area contributed by atoms with Gasteiger partial charge in [-0.3, -0.25) is 4.90 Å².